The largest absolute Gasteiger partial charge is 0.388 e. The van der Waals surface area contributed by atoms with Crippen molar-refractivity contribution in [2.24, 2.45) is 0 Å². The summed E-state index contributed by atoms with van der Waals surface area (Å²) >= 11 is 3.39. The number of aromatic nitrogens is 1. The SMILES string of the molecule is CCCCCCCCCCCC(O)c1cccnc1Br. The average molecular weight is 342 g/mol. The van der Waals surface area contributed by atoms with E-state index in [1.54, 1.807) is 6.20 Å². The van der Waals surface area contributed by atoms with E-state index < -0.39 is 0 Å². The quantitative estimate of drug-likeness (QED) is 0.407. The fraction of sp³-hybridized carbons (Fsp3) is 0.706. The van der Waals surface area contributed by atoms with Crippen molar-refractivity contribution in [3.63, 3.8) is 0 Å². The smallest absolute Gasteiger partial charge is 0.111 e. The van der Waals surface area contributed by atoms with Crippen molar-refractivity contribution < 1.29 is 5.11 Å². The second kappa shape index (κ2) is 11.3. The van der Waals surface area contributed by atoms with E-state index in [1.807, 2.05) is 12.1 Å². The first-order valence-corrected chi connectivity index (χ1v) is 8.83. The molecule has 2 nitrogen and oxygen atoms in total. The Morgan fingerprint density at radius 2 is 1.65 bits per heavy atom. The lowest BCUT2D eigenvalue weighted by Crippen LogP contribution is -1.99. The molecule has 0 aliphatic rings. The number of hydrogen-bond donors (Lipinski definition) is 1. The van der Waals surface area contributed by atoms with Crippen molar-refractivity contribution in [2.75, 3.05) is 0 Å². The summed E-state index contributed by atoms with van der Waals surface area (Å²) in [6.45, 7) is 2.26. The highest BCUT2D eigenvalue weighted by Gasteiger charge is 2.10. The molecule has 1 N–H and O–H groups in total. The van der Waals surface area contributed by atoms with Crippen molar-refractivity contribution in [3.8, 4) is 0 Å². The van der Waals surface area contributed by atoms with Crippen LogP contribution in [0.3, 0.4) is 0 Å². The Balaban J connectivity index is 2.03. The highest BCUT2D eigenvalue weighted by atomic mass is 79.9. The van der Waals surface area contributed by atoms with Crippen LogP contribution in [0.25, 0.3) is 0 Å². The molecule has 0 aliphatic heterocycles. The van der Waals surface area contributed by atoms with Crippen LogP contribution in [0.4, 0.5) is 0 Å². The van der Waals surface area contributed by atoms with Crippen LogP contribution in [-0.4, -0.2) is 10.1 Å². The maximum atomic E-state index is 10.1. The van der Waals surface area contributed by atoms with Gasteiger partial charge in [0.15, 0.2) is 0 Å². The van der Waals surface area contributed by atoms with Crippen LogP contribution < -0.4 is 0 Å². The molecule has 0 radical (unpaired) electrons. The van der Waals surface area contributed by atoms with E-state index >= 15 is 0 Å². The number of nitrogens with zero attached hydrogens (tertiary/aromatic N) is 1. The summed E-state index contributed by atoms with van der Waals surface area (Å²) in [7, 11) is 0. The zero-order valence-electron chi connectivity index (χ0n) is 12.7. The van der Waals surface area contributed by atoms with Gasteiger partial charge in [-0.05, 0) is 28.4 Å². The van der Waals surface area contributed by atoms with Crippen LogP contribution in [0.1, 0.15) is 82.8 Å². The number of pyridine rings is 1. The Bertz CT molecular complexity index is 357. The van der Waals surface area contributed by atoms with Crippen molar-refractivity contribution >= 4 is 15.9 Å². The summed E-state index contributed by atoms with van der Waals surface area (Å²) in [5.41, 5.74) is 0.909. The summed E-state index contributed by atoms with van der Waals surface area (Å²) in [6.07, 6.45) is 14.0. The first-order chi connectivity index (χ1) is 9.75. The molecule has 1 aromatic heterocycles. The van der Waals surface area contributed by atoms with Gasteiger partial charge in [0.1, 0.15) is 4.60 Å². The Morgan fingerprint density at radius 1 is 1.05 bits per heavy atom. The summed E-state index contributed by atoms with van der Waals surface area (Å²) < 4.78 is 0.767. The number of aliphatic hydroxyl groups is 1. The van der Waals surface area contributed by atoms with Gasteiger partial charge in [-0.1, -0.05) is 70.8 Å². The molecule has 0 saturated carbocycles. The third kappa shape index (κ3) is 7.39. The van der Waals surface area contributed by atoms with Gasteiger partial charge in [-0.25, -0.2) is 4.98 Å². The van der Waals surface area contributed by atoms with Gasteiger partial charge < -0.3 is 5.11 Å². The van der Waals surface area contributed by atoms with E-state index in [9.17, 15) is 5.11 Å². The summed E-state index contributed by atoms with van der Waals surface area (Å²) in [6, 6.07) is 3.81. The normalized spacial score (nSPS) is 12.6. The van der Waals surface area contributed by atoms with Crippen molar-refractivity contribution in [2.45, 2.75) is 77.2 Å². The molecule has 0 amide bonds. The fourth-order valence-electron chi connectivity index (χ4n) is 2.45. The third-order valence-electron chi connectivity index (χ3n) is 3.73. The van der Waals surface area contributed by atoms with E-state index in [0.29, 0.717) is 0 Å². The fourth-order valence-corrected chi connectivity index (χ4v) is 2.97. The van der Waals surface area contributed by atoms with Crippen molar-refractivity contribution in [1.29, 1.82) is 0 Å². The first-order valence-electron chi connectivity index (χ1n) is 8.04. The van der Waals surface area contributed by atoms with E-state index in [-0.39, 0.29) is 6.10 Å². The van der Waals surface area contributed by atoms with Crippen molar-refractivity contribution in [3.05, 3.63) is 28.5 Å². The van der Waals surface area contributed by atoms with Crippen LogP contribution in [0.5, 0.6) is 0 Å². The van der Waals surface area contributed by atoms with E-state index in [1.165, 1.54) is 51.4 Å². The minimum Gasteiger partial charge on any atom is -0.388 e. The predicted molar refractivity (Wildman–Crippen MR) is 88.7 cm³/mol. The zero-order chi connectivity index (χ0) is 14.6. The van der Waals surface area contributed by atoms with Crippen LogP contribution in [0.15, 0.2) is 22.9 Å². The molecular weight excluding hydrogens is 314 g/mol. The van der Waals surface area contributed by atoms with Gasteiger partial charge in [0.05, 0.1) is 6.10 Å². The third-order valence-corrected chi connectivity index (χ3v) is 4.39. The summed E-state index contributed by atoms with van der Waals surface area (Å²) in [5.74, 6) is 0. The lowest BCUT2D eigenvalue weighted by molar-refractivity contribution is 0.162. The van der Waals surface area contributed by atoms with E-state index in [4.69, 9.17) is 0 Å². The second-order valence-corrected chi connectivity index (χ2v) is 6.27. The average Bonchev–Trinajstić information content (AvgIpc) is 2.46. The maximum Gasteiger partial charge on any atom is 0.111 e. The second-order valence-electron chi connectivity index (χ2n) is 5.52. The number of rotatable bonds is 11. The molecule has 0 bridgehead atoms. The van der Waals surface area contributed by atoms with Gasteiger partial charge in [-0.15, -0.1) is 0 Å². The Kier molecular flexibility index (Phi) is 9.94. The van der Waals surface area contributed by atoms with Gasteiger partial charge in [-0.2, -0.15) is 0 Å². The molecule has 114 valence electrons. The van der Waals surface area contributed by atoms with Gasteiger partial charge in [-0.3, -0.25) is 0 Å². The molecule has 0 aromatic carbocycles. The number of halogens is 1. The molecule has 0 fully saturated rings. The molecule has 0 aliphatic carbocycles. The minimum absolute atomic E-state index is 0.386. The van der Waals surface area contributed by atoms with E-state index in [2.05, 4.69) is 27.8 Å². The lowest BCUT2D eigenvalue weighted by atomic mass is 10.0. The lowest BCUT2D eigenvalue weighted by Gasteiger charge is -2.11. The van der Waals surface area contributed by atoms with Gasteiger partial charge >= 0.3 is 0 Å². The van der Waals surface area contributed by atoms with Crippen LogP contribution in [0, 0.1) is 0 Å². The Hall–Kier alpha value is -0.410. The van der Waals surface area contributed by atoms with E-state index in [0.717, 1.165) is 23.0 Å². The van der Waals surface area contributed by atoms with Crippen molar-refractivity contribution in [1.82, 2.24) is 4.98 Å². The highest BCUT2D eigenvalue weighted by Crippen LogP contribution is 2.25. The van der Waals surface area contributed by atoms with Gasteiger partial charge in [0, 0.05) is 11.8 Å². The molecule has 1 aromatic rings. The number of unbranched alkanes of at least 4 members (excludes halogenated alkanes) is 8. The summed E-state index contributed by atoms with van der Waals surface area (Å²) in [5, 5.41) is 10.1. The molecule has 1 rings (SSSR count). The molecule has 1 unspecified atom stereocenters. The Labute approximate surface area is 132 Å². The molecule has 0 spiro atoms. The molecule has 1 atom stereocenters. The first kappa shape index (κ1) is 17.6. The predicted octanol–water partition coefficient (Wildman–Crippen LogP) is 5.80. The molecule has 3 heteroatoms. The molecule has 20 heavy (non-hydrogen) atoms. The molecule has 1 heterocycles. The van der Waals surface area contributed by atoms with Crippen LogP contribution >= 0.6 is 15.9 Å². The number of hydrogen-bond acceptors (Lipinski definition) is 2. The number of aliphatic hydroxyl groups excluding tert-OH is 1. The van der Waals surface area contributed by atoms with Gasteiger partial charge in [0.2, 0.25) is 0 Å². The molecule has 0 saturated heterocycles. The Morgan fingerprint density at radius 3 is 2.25 bits per heavy atom. The standard InChI is InChI=1S/C17H28BrNO/c1-2-3-4-5-6-7-8-9-10-13-16(20)15-12-11-14-19-17(15)18/h11-12,14,16,20H,2-10,13H2,1H3. The summed E-state index contributed by atoms with van der Waals surface area (Å²) in [4.78, 5) is 4.15. The highest BCUT2D eigenvalue weighted by molar-refractivity contribution is 9.10. The van der Waals surface area contributed by atoms with Crippen LogP contribution in [-0.2, 0) is 0 Å². The minimum atomic E-state index is -0.386. The monoisotopic (exact) mass is 341 g/mol. The zero-order valence-corrected chi connectivity index (χ0v) is 14.2. The molecular formula is C17H28BrNO. The topological polar surface area (TPSA) is 33.1 Å². The van der Waals surface area contributed by atoms with Crippen LogP contribution in [0.2, 0.25) is 0 Å². The van der Waals surface area contributed by atoms with Gasteiger partial charge in [0.25, 0.3) is 0 Å². The maximum absolute atomic E-state index is 10.1.